The fourth-order valence-corrected chi connectivity index (χ4v) is 4.28. The molecule has 0 saturated carbocycles. The molecule has 0 bridgehead atoms. The van der Waals surface area contributed by atoms with Gasteiger partial charge in [0.2, 0.25) is 0 Å². The summed E-state index contributed by atoms with van der Waals surface area (Å²) in [6.07, 6.45) is 1.03. The second kappa shape index (κ2) is 8.95. The molecule has 1 fully saturated rings. The number of amides is 1. The summed E-state index contributed by atoms with van der Waals surface area (Å²) in [7, 11) is 0. The number of carbonyl (C=O) groups is 1. The number of hydrogen-bond acceptors (Lipinski definition) is 2. The van der Waals surface area contributed by atoms with Crippen molar-refractivity contribution in [3.05, 3.63) is 64.2 Å². The summed E-state index contributed by atoms with van der Waals surface area (Å²) in [6, 6.07) is 14.2. The molecule has 1 amide bonds. The van der Waals surface area contributed by atoms with Gasteiger partial charge in [-0.3, -0.25) is 4.79 Å². The monoisotopic (exact) mass is 401 g/mol. The van der Waals surface area contributed by atoms with Gasteiger partial charge in [-0.25, -0.2) is 0 Å². The molecule has 28 heavy (non-hydrogen) atoms. The molecule has 2 aromatic carbocycles. The number of fused-ring (bicyclic) bond motifs is 1. The molecule has 2 heterocycles. The van der Waals surface area contributed by atoms with Gasteiger partial charge in [-0.15, -0.1) is 0 Å². The average molecular weight is 402 g/mol. The van der Waals surface area contributed by atoms with Gasteiger partial charge in [0, 0.05) is 23.6 Å². The normalized spacial score (nSPS) is 21.0. The molecule has 2 aromatic rings. The van der Waals surface area contributed by atoms with Gasteiger partial charge in [-0.2, -0.15) is 0 Å². The fraction of sp³-hybridized carbons (Fsp3) is 0.409. The van der Waals surface area contributed by atoms with Crippen LogP contribution in [0.25, 0.3) is 0 Å². The Labute approximate surface area is 171 Å². The predicted molar refractivity (Wildman–Crippen MR) is 109 cm³/mol. The topological polar surface area (TPSA) is 47.2 Å². The molecule has 3 N–H and O–H groups in total. The summed E-state index contributed by atoms with van der Waals surface area (Å²) in [5.41, 5.74) is 3.69. The summed E-state index contributed by atoms with van der Waals surface area (Å²) < 4.78 is 5.59. The molecule has 2 aliphatic rings. The van der Waals surface area contributed by atoms with E-state index >= 15 is 0 Å². The Bertz CT molecular complexity index is 834. The van der Waals surface area contributed by atoms with E-state index < -0.39 is 0 Å². The maximum absolute atomic E-state index is 12.3. The molecule has 5 nitrogen and oxygen atoms in total. The highest BCUT2D eigenvalue weighted by Crippen LogP contribution is 2.25. The van der Waals surface area contributed by atoms with Crippen molar-refractivity contribution in [3.8, 4) is 5.75 Å². The van der Waals surface area contributed by atoms with Crippen LogP contribution in [0.3, 0.4) is 0 Å². The first-order valence-corrected chi connectivity index (χ1v) is 10.5. The van der Waals surface area contributed by atoms with Crippen LogP contribution in [0.4, 0.5) is 0 Å². The van der Waals surface area contributed by atoms with Crippen molar-refractivity contribution in [3.63, 3.8) is 0 Å². The van der Waals surface area contributed by atoms with Gasteiger partial charge < -0.3 is 19.9 Å². The van der Waals surface area contributed by atoms with Gasteiger partial charge in [0.15, 0.2) is 6.54 Å². The highest BCUT2D eigenvalue weighted by atomic mass is 35.5. The number of halogens is 1. The maximum atomic E-state index is 12.3. The molecule has 6 heteroatoms. The lowest BCUT2D eigenvalue weighted by Crippen LogP contribution is -3.28. The van der Waals surface area contributed by atoms with Gasteiger partial charge in [-0.05, 0) is 35.4 Å². The van der Waals surface area contributed by atoms with Crippen molar-refractivity contribution >= 4 is 17.5 Å². The molecule has 1 saturated heterocycles. The molecular weight excluding hydrogens is 374 g/mol. The second-order valence-electron chi connectivity index (χ2n) is 7.76. The molecule has 0 unspecified atom stereocenters. The van der Waals surface area contributed by atoms with Crippen LogP contribution in [0.15, 0.2) is 42.5 Å². The number of rotatable bonds is 6. The van der Waals surface area contributed by atoms with Crippen molar-refractivity contribution in [1.29, 1.82) is 0 Å². The van der Waals surface area contributed by atoms with E-state index in [1.165, 1.54) is 16.0 Å². The Morgan fingerprint density at radius 2 is 1.86 bits per heavy atom. The lowest BCUT2D eigenvalue weighted by atomic mass is 10.1. The highest BCUT2D eigenvalue weighted by Gasteiger charge is 2.25. The van der Waals surface area contributed by atoms with E-state index in [0.717, 1.165) is 57.1 Å². The summed E-state index contributed by atoms with van der Waals surface area (Å²) in [6.45, 7) is 7.15. The first kappa shape index (κ1) is 19.2. The molecular formula is C22H28ClN3O2+2. The number of benzene rings is 2. The Morgan fingerprint density at radius 1 is 1.07 bits per heavy atom. The van der Waals surface area contributed by atoms with Crippen molar-refractivity contribution < 1.29 is 19.3 Å². The van der Waals surface area contributed by atoms with Crippen molar-refractivity contribution in [2.75, 3.05) is 39.3 Å². The van der Waals surface area contributed by atoms with Crippen LogP contribution in [-0.4, -0.2) is 45.2 Å². The Kier molecular flexibility index (Phi) is 6.15. The minimum Gasteiger partial charge on any atom is -0.493 e. The summed E-state index contributed by atoms with van der Waals surface area (Å²) in [5, 5.41) is 3.70. The molecule has 2 aliphatic heterocycles. The third-order valence-electron chi connectivity index (χ3n) is 5.72. The number of nitrogens with one attached hydrogen (secondary N) is 3. The van der Waals surface area contributed by atoms with E-state index in [9.17, 15) is 4.79 Å². The number of piperazine rings is 1. The number of hydrogen-bond donors (Lipinski definition) is 3. The van der Waals surface area contributed by atoms with E-state index in [0.29, 0.717) is 18.1 Å². The van der Waals surface area contributed by atoms with Gasteiger partial charge in [0.25, 0.3) is 5.91 Å². The lowest BCUT2D eigenvalue weighted by molar-refractivity contribution is -1.02. The molecule has 0 aromatic heterocycles. The van der Waals surface area contributed by atoms with Crippen molar-refractivity contribution in [2.45, 2.75) is 19.5 Å². The third kappa shape index (κ3) is 4.85. The zero-order valence-corrected chi connectivity index (χ0v) is 16.9. The second-order valence-corrected chi connectivity index (χ2v) is 8.17. The standard InChI is InChI=1S/C22H26ClN3O2/c23-20-4-2-1-3-19(20)14-24-22(27)16-26-10-8-25(9-11-26)15-17-5-6-21-18(13-17)7-12-28-21/h1-6,13H,7-12,14-16H2,(H,24,27)/p+2. The number of ether oxygens (including phenoxy) is 1. The summed E-state index contributed by atoms with van der Waals surface area (Å²) in [5.74, 6) is 1.15. The summed E-state index contributed by atoms with van der Waals surface area (Å²) >= 11 is 6.15. The SMILES string of the molecule is O=C(C[NH+]1CC[NH+](Cc2ccc3c(c2)CCO3)CC1)NCc1ccccc1Cl. The minimum atomic E-state index is 0.0944. The lowest BCUT2D eigenvalue weighted by Gasteiger charge is -2.29. The Balaban J connectivity index is 1.20. The first-order valence-electron chi connectivity index (χ1n) is 10.1. The van der Waals surface area contributed by atoms with Crippen molar-refractivity contribution in [1.82, 2.24) is 5.32 Å². The van der Waals surface area contributed by atoms with E-state index in [-0.39, 0.29) is 5.91 Å². The van der Waals surface area contributed by atoms with Gasteiger partial charge in [0.1, 0.15) is 38.5 Å². The average Bonchev–Trinajstić information content (AvgIpc) is 3.17. The van der Waals surface area contributed by atoms with E-state index in [1.54, 1.807) is 4.90 Å². The van der Waals surface area contributed by atoms with Crippen molar-refractivity contribution in [2.24, 2.45) is 0 Å². The Morgan fingerprint density at radius 3 is 2.68 bits per heavy atom. The summed E-state index contributed by atoms with van der Waals surface area (Å²) in [4.78, 5) is 15.2. The molecule has 4 rings (SSSR count). The van der Waals surface area contributed by atoms with Crippen LogP contribution in [0.5, 0.6) is 5.75 Å². The first-order chi connectivity index (χ1) is 13.7. The van der Waals surface area contributed by atoms with E-state index in [4.69, 9.17) is 16.3 Å². The minimum absolute atomic E-state index is 0.0944. The molecule has 0 aliphatic carbocycles. The zero-order valence-electron chi connectivity index (χ0n) is 16.1. The van der Waals surface area contributed by atoms with Gasteiger partial charge >= 0.3 is 0 Å². The quantitative estimate of drug-likeness (QED) is 0.632. The molecule has 0 atom stereocenters. The fourth-order valence-electron chi connectivity index (χ4n) is 4.07. The zero-order chi connectivity index (χ0) is 19.3. The van der Waals surface area contributed by atoms with Gasteiger partial charge in [0.05, 0.1) is 6.61 Å². The van der Waals surface area contributed by atoms with E-state index in [1.807, 2.05) is 24.3 Å². The number of carbonyl (C=O) groups excluding carboxylic acids is 1. The van der Waals surface area contributed by atoms with E-state index in [2.05, 4.69) is 23.5 Å². The maximum Gasteiger partial charge on any atom is 0.275 e. The smallest absolute Gasteiger partial charge is 0.275 e. The molecule has 0 radical (unpaired) electrons. The van der Waals surface area contributed by atoms with Crippen LogP contribution < -0.4 is 19.9 Å². The third-order valence-corrected chi connectivity index (χ3v) is 6.09. The predicted octanol–water partition coefficient (Wildman–Crippen LogP) is -0.125. The van der Waals surface area contributed by atoms with Crippen LogP contribution >= 0.6 is 11.6 Å². The largest absolute Gasteiger partial charge is 0.493 e. The Hall–Kier alpha value is -2.08. The van der Waals surface area contributed by atoms with Crippen LogP contribution in [0.2, 0.25) is 5.02 Å². The van der Waals surface area contributed by atoms with Crippen LogP contribution in [0.1, 0.15) is 16.7 Å². The highest BCUT2D eigenvalue weighted by molar-refractivity contribution is 6.31. The number of quaternary nitrogens is 2. The molecule has 148 valence electrons. The van der Waals surface area contributed by atoms with Crippen LogP contribution in [-0.2, 0) is 24.3 Å². The molecule has 0 spiro atoms. The van der Waals surface area contributed by atoms with Gasteiger partial charge in [-0.1, -0.05) is 29.8 Å². The van der Waals surface area contributed by atoms with Crippen LogP contribution in [0, 0.1) is 0 Å².